The van der Waals surface area contributed by atoms with Gasteiger partial charge in [0, 0.05) is 18.7 Å². The number of benzene rings is 1. The van der Waals surface area contributed by atoms with Gasteiger partial charge in [-0.3, -0.25) is 14.3 Å². The van der Waals surface area contributed by atoms with Crippen molar-refractivity contribution in [2.45, 2.75) is 44.8 Å². The van der Waals surface area contributed by atoms with Gasteiger partial charge in [-0.1, -0.05) is 6.42 Å². The summed E-state index contributed by atoms with van der Waals surface area (Å²) in [4.78, 5) is 23.9. The molecule has 11 heteroatoms. The third kappa shape index (κ3) is 6.39. The van der Waals surface area contributed by atoms with E-state index in [9.17, 15) is 31.2 Å². The first kappa shape index (κ1) is 22.0. The molecule has 1 aliphatic carbocycles. The highest BCUT2D eigenvalue weighted by molar-refractivity contribution is 7.92. The van der Waals surface area contributed by atoms with Crippen molar-refractivity contribution in [2.75, 3.05) is 16.3 Å². The van der Waals surface area contributed by atoms with Crippen LogP contribution in [-0.4, -0.2) is 38.7 Å². The minimum atomic E-state index is -4.32. The van der Waals surface area contributed by atoms with Gasteiger partial charge in [0.2, 0.25) is 15.9 Å². The van der Waals surface area contributed by atoms with E-state index in [4.69, 9.17) is 0 Å². The SMILES string of the molecule is CC(=O)Nc1ccc(NS(C)(=O)=O)c(C(=O)NC2CCCC(C(F)(F)F)C2)c1. The molecule has 1 saturated carbocycles. The van der Waals surface area contributed by atoms with Crippen molar-refractivity contribution in [3.8, 4) is 0 Å². The van der Waals surface area contributed by atoms with Crippen molar-refractivity contribution in [2.24, 2.45) is 5.92 Å². The van der Waals surface area contributed by atoms with E-state index in [2.05, 4.69) is 15.4 Å². The monoisotopic (exact) mass is 421 g/mol. The van der Waals surface area contributed by atoms with Gasteiger partial charge in [-0.2, -0.15) is 13.2 Å². The van der Waals surface area contributed by atoms with Crippen molar-refractivity contribution in [1.29, 1.82) is 0 Å². The zero-order chi connectivity index (χ0) is 21.1. The molecule has 156 valence electrons. The van der Waals surface area contributed by atoms with Gasteiger partial charge in [-0.15, -0.1) is 0 Å². The Balaban J connectivity index is 2.25. The number of rotatable bonds is 5. The van der Waals surface area contributed by atoms with Crippen molar-refractivity contribution in [3.63, 3.8) is 0 Å². The number of carbonyl (C=O) groups is 2. The molecule has 1 aliphatic rings. The number of carbonyl (C=O) groups excluding carboxylic acids is 2. The number of anilines is 2. The Morgan fingerprint density at radius 3 is 2.43 bits per heavy atom. The molecule has 0 saturated heterocycles. The van der Waals surface area contributed by atoms with E-state index in [1.807, 2.05) is 0 Å². The Morgan fingerprint density at radius 2 is 1.86 bits per heavy atom. The second-order valence-electron chi connectivity index (χ2n) is 6.89. The third-order valence-corrected chi connectivity index (χ3v) is 4.94. The van der Waals surface area contributed by atoms with Gasteiger partial charge in [-0.25, -0.2) is 8.42 Å². The average Bonchev–Trinajstić information content (AvgIpc) is 2.54. The van der Waals surface area contributed by atoms with Crippen molar-refractivity contribution >= 4 is 33.2 Å². The van der Waals surface area contributed by atoms with Crippen LogP contribution in [0.3, 0.4) is 0 Å². The predicted molar refractivity (Wildman–Crippen MR) is 98.5 cm³/mol. The number of halogens is 3. The molecule has 2 rings (SSSR count). The fourth-order valence-electron chi connectivity index (χ4n) is 3.18. The summed E-state index contributed by atoms with van der Waals surface area (Å²) in [5.74, 6) is -2.59. The molecular weight excluding hydrogens is 399 g/mol. The number of alkyl halides is 3. The van der Waals surface area contributed by atoms with Crippen LogP contribution in [0.25, 0.3) is 0 Å². The molecule has 7 nitrogen and oxygen atoms in total. The van der Waals surface area contributed by atoms with E-state index in [1.165, 1.54) is 25.1 Å². The molecule has 0 heterocycles. The number of sulfonamides is 1. The zero-order valence-electron chi connectivity index (χ0n) is 15.4. The van der Waals surface area contributed by atoms with Gasteiger partial charge in [0.1, 0.15) is 0 Å². The fourth-order valence-corrected chi connectivity index (χ4v) is 3.76. The Morgan fingerprint density at radius 1 is 1.18 bits per heavy atom. The third-order valence-electron chi connectivity index (χ3n) is 4.35. The molecule has 2 amide bonds. The van der Waals surface area contributed by atoms with E-state index in [0.717, 1.165) is 6.26 Å². The molecule has 1 aromatic rings. The van der Waals surface area contributed by atoms with E-state index >= 15 is 0 Å². The smallest absolute Gasteiger partial charge is 0.349 e. The minimum absolute atomic E-state index is 0.0226. The summed E-state index contributed by atoms with van der Waals surface area (Å²) in [5, 5.41) is 5.03. The van der Waals surface area contributed by atoms with Crippen LogP contribution in [0.2, 0.25) is 0 Å². The van der Waals surface area contributed by atoms with Crippen molar-refractivity contribution in [1.82, 2.24) is 5.32 Å². The van der Waals surface area contributed by atoms with E-state index in [1.54, 1.807) is 0 Å². The number of hydrogen-bond acceptors (Lipinski definition) is 4. The van der Waals surface area contributed by atoms with Gasteiger partial charge in [-0.05, 0) is 37.5 Å². The second-order valence-corrected chi connectivity index (χ2v) is 8.64. The number of hydrogen-bond donors (Lipinski definition) is 3. The summed E-state index contributed by atoms with van der Waals surface area (Å²) >= 11 is 0. The molecular formula is C17H22F3N3O4S. The first-order valence-electron chi connectivity index (χ1n) is 8.62. The van der Waals surface area contributed by atoms with Gasteiger partial charge < -0.3 is 10.6 Å². The summed E-state index contributed by atoms with van der Waals surface area (Å²) < 4.78 is 64.2. The van der Waals surface area contributed by atoms with Gasteiger partial charge in [0.05, 0.1) is 23.4 Å². The maximum absolute atomic E-state index is 13.0. The summed E-state index contributed by atoms with van der Waals surface area (Å²) in [7, 11) is -3.70. The lowest BCUT2D eigenvalue weighted by atomic mass is 9.85. The Bertz CT molecular complexity index is 856. The van der Waals surface area contributed by atoms with Crippen LogP contribution >= 0.6 is 0 Å². The fraction of sp³-hybridized carbons (Fsp3) is 0.529. The topological polar surface area (TPSA) is 104 Å². The van der Waals surface area contributed by atoms with Crippen LogP contribution < -0.4 is 15.4 Å². The lowest BCUT2D eigenvalue weighted by molar-refractivity contribution is -0.183. The summed E-state index contributed by atoms with van der Waals surface area (Å²) in [6.07, 6.45) is -2.89. The van der Waals surface area contributed by atoms with Crippen LogP contribution in [0.4, 0.5) is 24.5 Å². The second kappa shape index (κ2) is 8.38. The normalized spacial score (nSPS) is 20.3. The van der Waals surface area contributed by atoms with Crippen LogP contribution in [0.5, 0.6) is 0 Å². The molecule has 2 atom stereocenters. The highest BCUT2D eigenvalue weighted by Crippen LogP contribution is 2.37. The first-order valence-corrected chi connectivity index (χ1v) is 10.5. The molecule has 2 unspecified atom stereocenters. The molecule has 0 aromatic heterocycles. The van der Waals surface area contributed by atoms with Crippen LogP contribution in [0.1, 0.15) is 43.0 Å². The first-order chi connectivity index (χ1) is 12.8. The predicted octanol–water partition coefficient (Wildman–Crippen LogP) is 2.87. The highest BCUT2D eigenvalue weighted by Gasteiger charge is 2.42. The molecule has 28 heavy (non-hydrogen) atoms. The average molecular weight is 421 g/mol. The Kier molecular flexibility index (Phi) is 6.58. The minimum Gasteiger partial charge on any atom is -0.349 e. The number of amides is 2. The molecule has 0 radical (unpaired) electrons. The summed E-state index contributed by atoms with van der Waals surface area (Å²) in [6, 6.07) is 3.31. The quantitative estimate of drug-likeness (QED) is 0.680. The standard InChI is InChI=1S/C17H22F3N3O4S/c1-10(24)21-13-6-7-15(23-28(2,26)27)14(9-13)16(25)22-12-5-3-4-11(8-12)17(18,19)20/h6-7,9,11-12,23H,3-5,8H2,1-2H3,(H,21,24)(H,22,25). The van der Waals surface area contributed by atoms with Gasteiger partial charge in [0.15, 0.2) is 0 Å². The van der Waals surface area contributed by atoms with E-state index < -0.39 is 40.0 Å². The van der Waals surface area contributed by atoms with E-state index in [-0.39, 0.29) is 29.8 Å². The van der Waals surface area contributed by atoms with Crippen molar-refractivity contribution in [3.05, 3.63) is 23.8 Å². The molecule has 0 spiro atoms. The zero-order valence-corrected chi connectivity index (χ0v) is 16.2. The number of nitrogens with one attached hydrogen (secondary N) is 3. The van der Waals surface area contributed by atoms with Crippen LogP contribution in [-0.2, 0) is 14.8 Å². The van der Waals surface area contributed by atoms with Gasteiger partial charge >= 0.3 is 6.18 Å². The maximum Gasteiger partial charge on any atom is 0.391 e. The van der Waals surface area contributed by atoms with Crippen LogP contribution in [0.15, 0.2) is 18.2 Å². The maximum atomic E-state index is 13.0. The molecule has 1 aromatic carbocycles. The van der Waals surface area contributed by atoms with Gasteiger partial charge in [0.25, 0.3) is 5.91 Å². The molecule has 0 bridgehead atoms. The molecule has 3 N–H and O–H groups in total. The largest absolute Gasteiger partial charge is 0.391 e. The highest BCUT2D eigenvalue weighted by atomic mass is 32.2. The Hall–Kier alpha value is -2.30. The summed E-state index contributed by atoms with van der Waals surface area (Å²) in [5.41, 5.74) is 0.136. The lowest BCUT2D eigenvalue weighted by Gasteiger charge is -2.31. The molecule has 1 fully saturated rings. The Labute approximate surface area is 161 Å². The lowest BCUT2D eigenvalue weighted by Crippen LogP contribution is -2.41. The van der Waals surface area contributed by atoms with Crippen LogP contribution in [0, 0.1) is 5.92 Å². The van der Waals surface area contributed by atoms with E-state index in [0.29, 0.717) is 12.8 Å². The summed E-state index contributed by atoms with van der Waals surface area (Å²) in [6.45, 7) is 1.27. The van der Waals surface area contributed by atoms with Crippen molar-refractivity contribution < 1.29 is 31.2 Å². The molecule has 0 aliphatic heterocycles.